The Balaban J connectivity index is 2.69. The second kappa shape index (κ2) is 6.97. The van der Waals surface area contributed by atoms with Crippen molar-refractivity contribution < 1.29 is 25.5 Å². The van der Waals surface area contributed by atoms with Crippen molar-refractivity contribution in [1.82, 2.24) is 5.32 Å². The Morgan fingerprint density at radius 2 is 2.00 bits per heavy atom. The number of amides is 1. The van der Waals surface area contributed by atoms with Crippen LogP contribution in [0.15, 0.2) is 24.3 Å². The molecular weight excluding hydrogens is 274 g/mol. The smallest absolute Gasteiger partial charge is 0.408 e. The van der Waals surface area contributed by atoms with Gasteiger partial charge >= 0.3 is 12.1 Å². The number of hydrogen-bond donors (Lipinski definition) is 2. The van der Waals surface area contributed by atoms with Gasteiger partial charge in [-0.3, -0.25) is 0 Å². The van der Waals surface area contributed by atoms with Gasteiger partial charge in [0.05, 0.1) is 7.11 Å². The number of benzene rings is 1. The molecule has 0 unspecified atom stereocenters. The molecule has 0 aromatic heterocycles. The molecule has 1 rings (SSSR count). The summed E-state index contributed by atoms with van der Waals surface area (Å²) in [7, 11) is 1.54. The predicted molar refractivity (Wildman–Crippen MR) is 77.5 cm³/mol. The van der Waals surface area contributed by atoms with E-state index < -0.39 is 23.7 Å². The Bertz CT molecular complexity index is 515. The van der Waals surface area contributed by atoms with E-state index in [4.69, 9.17) is 10.8 Å². The number of carboxylic acid groups (broad SMARTS) is 1. The second-order valence-corrected chi connectivity index (χ2v) is 5.24. The third-order valence-corrected chi connectivity index (χ3v) is 2.56. The van der Waals surface area contributed by atoms with Crippen molar-refractivity contribution >= 4 is 12.1 Å². The Morgan fingerprint density at radius 3 is 2.48 bits per heavy atom. The van der Waals surface area contributed by atoms with Crippen molar-refractivity contribution in [2.75, 3.05) is 7.11 Å². The lowest BCUT2D eigenvalue weighted by Crippen LogP contribution is -2.44. The molecule has 0 radical (unpaired) electrons. The van der Waals surface area contributed by atoms with E-state index in [0.717, 1.165) is 5.56 Å². The number of rotatable bonds is 5. The molecule has 0 saturated carbocycles. The zero-order valence-corrected chi connectivity index (χ0v) is 12.4. The van der Waals surface area contributed by atoms with Gasteiger partial charge in [0.25, 0.3) is 0 Å². The number of nitrogens with one attached hydrogen (secondary N) is 1. The molecule has 0 heterocycles. The van der Waals surface area contributed by atoms with Gasteiger partial charge in [0.15, 0.2) is 0 Å². The normalized spacial score (nSPS) is 13.0. The standard InChI is InChI=1S/C15H21NO5/c1-15(2,3)21-14(19)16-12(13(17)18)9-10-5-7-11(20-4)8-6-10/h5-8,12H,9H2,1-4H3,(H,16,19)(H,17,18)/t12-/m0/s1/i1D. The summed E-state index contributed by atoms with van der Waals surface area (Å²) in [6.07, 6.45) is -0.728. The molecular formula is C15H21NO5. The molecule has 1 amide bonds. The van der Waals surface area contributed by atoms with Crippen LogP contribution in [0.25, 0.3) is 0 Å². The summed E-state index contributed by atoms with van der Waals surface area (Å²) in [5.41, 5.74) is -0.221. The van der Waals surface area contributed by atoms with Gasteiger partial charge in [0.2, 0.25) is 0 Å². The molecule has 0 fully saturated rings. The van der Waals surface area contributed by atoms with E-state index >= 15 is 0 Å². The summed E-state index contributed by atoms with van der Waals surface area (Å²) < 4.78 is 17.3. The van der Waals surface area contributed by atoms with E-state index in [9.17, 15) is 14.7 Å². The molecule has 6 heteroatoms. The SMILES string of the molecule is [2H]CC(C)(C)OC(=O)N[C@@H](Cc1ccc(OC)cc1)C(=O)O. The van der Waals surface area contributed by atoms with Gasteiger partial charge in [-0.2, -0.15) is 0 Å². The molecule has 1 atom stereocenters. The number of methoxy groups -OCH3 is 1. The maximum absolute atomic E-state index is 11.7. The highest BCUT2D eigenvalue weighted by Gasteiger charge is 2.24. The topological polar surface area (TPSA) is 84.9 Å². The van der Waals surface area contributed by atoms with E-state index in [2.05, 4.69) is 5.32 Å². The first-order valence-corrected chi connectivity index (χ1v) is 6.42. The van der Waals surface area contributed by atoms with Gasteiger partial charge in [-0.25, -0.2) is 9.59 Å². The van der Waals surface area contributed by atoms with E-state index in [1.807, 2.05) is 0 Å². The lowest BCUT2D eigenvalue weighted by Gasteiger charge is -2.22. The number of carbonyl (C=O) groups is 2. The monoisotopic (exact) mass is 296 g/mol. The molecule has 0 aliphatic carbocycles. The van der Waals surface area contributed by atoms with Gasteiger partial charge in [0, 0.05) is 7.79 Å². The number of carbonyl (C=O) groups excluding carboxylic acids is 1. The van der Waals surface area contributed by atoms with Crippen molar-refractivity contribution in [3.63, 3.8) is 0 Å². The minimum atomic E-state index is -1.16. The first-order chi connectivity index (χ1) is 10.3. The second-order valence-electron chi connectivity index (χ2n) is 5.24. The molecule has 116 valence electrons. The van der Waals surface area contributed by atoms with Gasteiger partial charge in [-0.15, -0.1) is 0 Å². The van der Waals surface area contributed by atoms with Crippen LogP contribution in [0.5, 0.6) is 5.75 Å². The lowest BCUT2D eigenvalue weighted by molar-refractivity contribution is -0.139. The number of carboxylic acids is 1. The largest absolute Gasteiger partial charge is 0.497 e. The van der Waals surface area contributed by atoms with E-state index in [1.165, 1.54) is 0 Å². The molecule has 0 spiro atoms. The van der Waals surface area contributed by atoms with Crippen molar-refractivity contribution in [2.45, 2.75) is 38.8 Å². The fourth-order valence-electron chi connectivity index (χ4n) is 1.62. The zero-order chi connectivity index (χ0) is 16.8. The highest BCUT2D eigenvalue weighted by Crippen LogP contribution is 2.13. The third-order valence-electron chi connectivity index (χ3n) is 2.56. The molecule has 0 aliphatic rings. The summed E-state index contributed by atoms with van der Waals surface area (Å²) >= 11 is 0. The van der Waals surface area contributed by atoms with Crippen LogP contribution >= 0.6 is 0 Å². The zero-order valence-electron chi connectivity index (χ0n) is 13.4. The number of aliphatic carboxylic acids is 1. The Hall–Kier alpha value is -2.24. The van der Waals surface area contributed by atoms with E-state index in [-0.39, 0.29) is 13.3 Å². The summed E-state index contributed by atoms with van der Waals surface area (Å²) in [6.45, 7) is 3.05. The quantitative estimate of drug-likeness (QED) is 0.870. The highest BCUT2D eigenvalue weighted by atomic mass is 16.6. The van der Waals surface area contributed by atoms with Crippen LogP contribution in [0.2, 0.25) is 0 Å². The van der Waals surface area contributed by atoms with Crippen molar-refractivity contribution in [3.8, 4) is 5.75 Å². The Kier molecular flexibility index (Phi) is 5.03. The van der Waals surface area contributed by atoms with E-state index in [1.54, 1.807) is 45.2 Å². The Labute approximate surface area is 125 Å². The van der Waals surface area contributed by atoms with Crippen molar-refractivity contribution in [3.05, 3.63) is 29.8 Å². The summed E-state index contributed by atoms with van der Waals surface area (Å²) in [5, 5.41) is 11.5. The van der Waals surface area contributed by atoms with Crippen LogP contribution in [-0.4, -0.2) is 35.9 Å². The minimum absolute atomic E-state index is 0.114. The van der Waals surface area contributed by atoms with Crippen LogP contribution in [0, 0.1) is 0 Å². The number of ether oxygens (including phenoxy) is 2. The van der Waals surface area contributed by atoms with Crippen molar-refractivity contribution in [2.24, 2.45) is 0 Å². The molecule has 0 saturated heterocycles. The van der Waals surface area contributed by atoms with Gasteiger partial charge < -0.3 is 19.9 Å². The first-order valence-electron chi connectivity index (χ1n) is 7.12. The van der Waals surface area contributed by atoms with Gasteiger partial charge in [-0.1, -0.05) is 12.1 Å². The molecule has 21 heavy (non-hydrogen) atoms. The fraction of sp³-hybridized carbons (Fsp3) is 0.467. The fourth-order valence-corrected chi connectivity index (χ4v) is 1.62. The lowest BCUT2D eigenvalue weighted by atomic mass is 10.1. The molecule has 1 aromatic carbocycles. The molecule has 6 nitrogen and oxygen atoms in total. The highest BCUT2D eigenvalue weighted by molar-refractivity contribution is 5.80. The average Bonchev–Trinajstić information content (AvgIpc) is 2.46. The summed E-state index contributed by atoms with van der Waals surface area (Å²) in [6, 6.07) is 5.79. The maximum atomic E-state index is 11.7. The summed E-state index contributed by atoms with van der Waals surface area (Å²) in [4.78, 5) is 23.0. The first kappa shape index (κ1) is 15.2. The molecule has 0 aliphatic heterocycles. The van der Waals surface area contributed by atoms with Gasteiger partial charge in [-0.05, 0) is 38.4 Å². The van der Waals surface area contributed by atoms with Crippen molar-refractivity contribution in [1.29, 1.82) is 0 Å². The van der Waals surface area contributed by atoms with E-state index in [0.29, 0.717) is 5.75 Å². The van der Waals surface area contributed by atoms with Crippen LogP contribution in [0.1, 0.15) is 27.7 Å². The molecule has 1 aromatic rings. The minimum Gasteiger partial charge on any atom is -0.497 e. The van der Waals surface area contributed by atoms with Crippen LogP contribution in [-0.2, 0) is 16.0 Å². The average molecular weight is 296 g/mol. The molecule has 2 N–H and O–H groups in total. The summed E-state index contributed by atoms with van der Waals surface area (Å²) in [5.74, 6) is -0.489. The van der Waals surface area contributed by atoms with Crippen LogP contribution in [0.4, 0.5) is 4.79 Å². The van der Waals surface area contributed by atoms with Crippen LogP contribution < -0.4 is 10.1 Å². The third kappa shape index (κ3) is 6.16. The Morgan fingerprint density at radius 1 is 1.38 bits per heavy atom. The van der Waals surface area contributed by atoms with Gasteiger partial charge in [0.1, 0.15) is 17.4 Å². The molecule has 0 bridgehead atoms. The number of alkyl carbamates (subject to hydrolysis) is 1. The van der Waals surface area contributed by atoms with Crippen LogP contribution in [0.3, 0.4) is 0 Å². The predicted octanol–water partition coefficient (Wildman–Crippen LogP) is 2.22. The number of hydrogen-bond acceptors (Lipinski definition) is 4. The maximum Gasteiger partial charge on any atom is 0.408 e.